The predicted molar refractivity (Wildman–Crippen MR) is 102 cm³/mol. The number of carbonyl (C=O) groups is 1. The number of hydrogen-bond donors (Lipinski definition) is 1. The number of likely N-dealkylation sites (N-methyl/N-ethyl adjacent to an activating group) is 1. The van der Waals surface area contributed by atoms with E-state index >= 15 is 0 Å². The first-order valence-electron chi connectivity index (χ1n) is 8.41. The third-order valence-electron chi connectivity index (χ3n) is 4.47. The van der Waals surface area contributed by atoms with Crippen molar-refractivity contribution in [1.29, 1.82) is 0 Å². The predicted octanol–water partition coefficient (Wildman–Crippen LogP) is 3.48. The lowest BCUT2D eigenvalue weighted by Gasteiger charge is -2.32. The molecule has 0 spiro atoms. The van der Waals surface area contributed by atoms with Crippen LogP contribution in [-0.2, 0) is 0 Å². The van der Waals surface area contributed by atoms with Gasteiger partial charge in [0.2, 0.25) is 0 Å². The Labute approximate surface area is 153 Å². The molecule has 1 amide bonds. The van der Waals surface area contributed by atoms with Gasteiger partial charge in [-0.3, -0.25) is 9.78 Å². The number of rotatable bonds is 3. The van der Waals surface area contributed by atoms with E-state index in [1.165, 1.54) is 0 Å². The van der Waals surface area contributed by atoms with Crippen LogP contribution in [-0.4, -0.2) is 53.9 Å². The average Bonchev–Trinajstić information content (AvgIpc) is 2.58. The summed E-state index contributed by atoms with van der Waals surface area (Å²) >= 11 is 6.36. The van der Waals surface area contributed by atoms with Gasteiger partial charge in [-0.15, -0.1) is 0 Å². The van der Waals surface area contributed by atoms with Crippen LogP contribution in [0.25, 0.3) is 0 Å². The molecule has 2 heterocycles. The number of aromatic nitrogens is 1. The average molecular weight is 359 g/mol. The summed E-state index contributed by atoms with van der Waals surface area (Å²) in [5.74, 6) is -0.0246. The summed E-state index contributed by atoms with van der Waals surface area (Å²) in [5, 5.41) is 3.99. The highest BCUT2D eigenvalue weighted by Crippen LogP contribution is 2.30. The quantitative estimate of drug-likeness (QED) is 0.912. The molecule has 132 valence electrons. The largest absolute Gasteiger partial charge is 0.354 e. The number of benzene rings is 1. The number of amides is 1. The summed E-state index contributed by atoms with van der Waals surface area (Å²) in [6.45, 7) is 7.28. The van der Waals surface area contributed by atoms with Gasteiger partial charge in [0, 0.05) is 38.1 Å². The fraction of sp³-hybridized carbons (Fsp3) is 0.368. The second kappa shape index (κ2) is 7.42. The zero-order valence-corrected chi connectivity index (χ0v) is 15.6. The minimum absolute atomic E-state index is 0.0246. The maximum absolute atomic E-state index is 12.7. The summed E-state index contributed by atoms with van der Waals surface area (Å²) < 4.78 is 0. The van der Waals surface area contributed by atoms with Crippen molar-refractivity contribution in [2.45, 2.75) is 13.8 Å². The summed E-state index contributed by atoms with van der Waals surface area (Å²) in [5.41, 5.74) is 4.30. The normalized spacial score (nSPS) is 15.3. The number of carbonyl (C=O) groups excluding carboxylic acids is 1. The molecule has 25 heavy (non-hydrogen) atoms. The van der Waals surface area contributed by atoms with Crippen molar-refractivity contribution < 1.29 is 4.79 Å². The molecular formula is C19H23ClN4O. The Bertz CT molecular complexity index is 762. The van der Waals surface area contributed by atoms with Crippen LogP contribution < -0.4 is 5.32 Å². The van der Waals surface area contributed by atoms with Crippen LogP contribution >= 0.6 is 11.6 Å². The molecule has 0 unspecified atom stereocenters. The van der Waals surface area contributed by atoms with E-state index in [2.05, 4.69) is 28.3 Å². The smallest absolute Gasteiger partial charge is 0.272 e. The van der Waals surface area contributed by atoms with Crippen LogP contribution in [0.5, 0.6) is 0 Å². The zero-order chi connectivity index (χ0) is 18.0. The molecule has 1 N–H and O–H groups in total. The standard InChI is InChI=1S/C19H23ClN4O/c1-13-10-14(2)18(16(20)11-13)22-15-4-5-21-17(12-15)19(25)24-8-6-23(3)7-9-24/h4-5,10-12H,6-9H2,1-3H3,(H,21,22). The van der Waals surface area contributed by atoms with Crippen molar-refractivity contribution >= 4 is 28.9 Å². The van der Waals surface area contributed by atoms with E-state index in [-0.39, 0.29) is 5.91 Å². The van der Waals surface area contributed by atoms with Crippen LogP contribution in [0.2, 0.25) is 5.02 Å². The van der Waals surface area contributed by atoms with Crippen molar-refractivity contribution in [1.82, 2.24) is 14.8 Å². The number of hydrogen-bond acceptors (Lipinski definition) is 4. The first-order valence-corrected chi connectivity index (χ1v) is 8.79. The number of pyridine rings is 1. The first-order chi connectivity index (χ1) is 11.9. The Morgan fingerprint density at radius 1 is 1.16 bits per heavy atom. The van der Waals surface area contributed by atoms with E-state index in [4.69, 9.17) is 11.6 Å². The summed E-state index contributed by atoms with van der Waals surface area (Å²) in [4.78, 5) is 21.0. The van der Waals surface area contributed by atoms with Gasteiger partial charge in [-0.1, -0.05) is 17.7 Å². The highest BCUT2D eigenvalue weighted by Gasteiger charge is 2.21. The lowest BCUT2D eigenvalue weighted by molar-refractivity contribution is 0.0658. The van der Waals surface area contributed by atoms with Crippen LogP contribution in [0.4, 0.5) is 11.4 Å². The number of piperazine rings is 1. The number of nitrogens with zero attached hydrogens (tertiary/aromatic N) is 3. The lowest BCUT2D eigenvalue weighted by atomic mass is 10.1. The molecule has 1 saturated heterocycles. The molecule has 1 aromatic carbocycles. The number of nitrogens with one attached hydrogen (secondary N) is 1. The molecule has 0 radical (unpaired) electrons. The van der Waals surface area contributed by atoms with Gasteiger partial charge in [-0.05, 0) is 50.2 Å². The maximum atomic E-state index is 12.7. The second-order valence-corrected chi connectivity index (χ2v) is 7.00. The van der Waals surface area contributed by atoms with Crippen molar-refractivity contribution in [3.05, 3.63) is 52.3 Å². The molecular weight excluding hydrogens is 336 g/mol. The Kier molecular flexibility index (Phi) is 5.25. The van der Waals surface area contributed by atoms with E-state index in [0.717, 1.165) is 48.7 Å². The monoisotopic (exact) mass is 358 g/mol. The fourth-order valence-electron chi connectivity index (χ4n) is 3.02. The van der Waals surface area contributed by atoms with Crippen LogP contribution in [0, 0.1) is 13.8 Å². The van der Waals surface area contributed by atoms with Gasteiger partial charge in [0.05, 0.1) is 10.7 Å². The maximum Gasteiger partial charge on any atom is 0.272 e. The molecule has 1 fully saturated rings. The highest BCUT2D eigenvalue weighted by atomic mass is 35.5. The Morgan fingerprint density at radius 2 is 1.88 bits per heavy atom. The minimum Gasteiger partial charge on any atom is -0.354 e. The van der Waals surface area contributed by atoms with Crippen molar-refractivity contribution in [2.24, 2.45) is 0 Å². The van der Waals surface area contributed by atoms with Gasteiger partial charge in [-0.2, -0.15) is 0 Å². The Balaban J connectivity index is 1.79. The van der Waals surface area contributed by atoms with Gasteiger partial charge >= 0.3 is 0 Å². The van der Waals surface area contributed by atoms with Crippen molar-refractivity contribution in [3.63, 3.8) is 0 Å². The second-order valence-electron chi connectivity index (χ2n) is 6.59. The number of aryl methyl sites for hydroxylation is 2. The molecule has 6 heteroatoms. The topological polar surface area (TPSA) is 48.5 Å². The lowest BCUT2D eigenvalue weighted by Crippen LogP contribution is -2.47. The van der Waals surface area contributed by atoms with Gasteiger partial charge in [-0.25, -0.2) is 0 Å². The zero-order valence-electron chi connectivity index (χ0n) is 14.8. The van der Waals surface area contributed by atoms with Crippen LogP contribution in [0.1, 0.15) is 21.6 Å². The van der Waals surface area contributed by atoms with Crippen molar-refractivity contribution in [3.8, 4) is 0 Å². The molecule has 5 nitrogen and oxygen atoms in total. The Hall–Kier alpha value is -2.11. The molecule has 1 aliphatic heterocycles. The third-order valence-corrected chi connectivity index (χ3v) is 4.77. The van der Waals surface area contributed by atoms with Gasteiger partial charge in [0.25, 0.3) is 5.91 Å². The van der Waals surface area contributed by atoms with Gasteiger partial charge in [0.1, 0.15) is 5.69 Å². The molecule has 0 saturated carbocycles. The van der Waals surface area contributed by atoms with Gasteiger partial charge in [0.15, 0.2) is 0 Å². The summed E-state index contributed by atoms with van der Waals surface area (Å²) in [6.07, 6.45) is 1.66. The molecule has 1 aliphatic rings. The van der Waals surface area contributed by atoms with E-state index in [0.29, 0.717) is 10.7 Å². The summed E-state index contributed by atoms with van der Waals surface area (Å²) in [7, 11) is 2.07. The molecule has 2 aromatic rings. The molecule has 1 aromatic heterocycles. The fourth-order valence-corrected chi connectivity index (χ4v) is 3.38. The molecule has 0 aliphatic carbocycles. The van der Waals surface area contributed by atoms with Crippen LogP contribution in [0.3, 0.4) is 0 Å². The van der Waals surface area contributed by atoms with E-state index in [1.807, 2.05) is 30.9 Å². The SMILES string of the molecule is Cc1cc(C)c(Nc2ccnc(C(=O)N3CCN(C)CC3)c2)c(Cl)c1. The molecule has 0 atom stereocenters. The highest BCUT2D eigenvalue weighted by molar-refractivity contribution is 6.33. The van der Waals surface area contributed by atoms with Gasteiger partial charge < -0.3 is 15.1 Å². The third kappa shape index (κ3) is 4.11. The van der Waals surface area contributed by atoms with E-state index in [9.17, 15) is 4.79 Å². The van der Waals surface area contributed by atoms with E-state index in [1.54, 1.807) is 12.3 Å². The first kappa shape index (κ1) is 17.7. The number of halogens is 1. The molecule has 3 rings (SSSR count). The molecule has 0 bridgehead atoms. The van der Waals surface area contributed by atoms with Crippen molar-refractivity contribution in [2.75, 3.05) is 38.5 Å². The number of anilines is 2. The van der Waals surface area contributed by atoms with E-state index < -0.39 is 0 Å². The summed E-state index contributed by atoms with van der Waals surface area (Å²) in [6, 6.07) is 7.63. The minimum atomic E-state index is -0.0246. The van der Waals surface area contributed by atoms with Crippen LogP contribution in [0.15, 0.2) is 30.5 Å². The Morgan fingerprint density at radius 3 is 2.56 bits per heavy atom.